The molecule has 3 atom stereocenters. The van der Waals surface area contributed by atoms with E-state index in [1.54, 1.807) is 12.1 Å². The van der Waals surface area contributed by atoms with Gasteiger partial charge in [-0.2, -0.15) is 0 Å². The molecule has 4 fully saturated rings. The molecule has 4 aliphatic rings. The van der Waals surface area contributed by atoms with Crippen LogP contribution >= 0.6 is 23.2 Å². The first-order valence-corrected chi connectivity index (χ1v) is 18.0. The van der Waals surface area contributed by atoms with Crippen molar-refractivity contribution in [1.82, 2.24) is 10.1 Å². The van der Waals surface area contributed by atoms with Gasteiger partial charge in [-0.15, -0.1) is 0 Å². The van der Waals surface area contributed by atoms with Crippen molar-refractivity contribution in [3.63, 3.8) is 0 Å². The Bertz CT molecular complexity index is 1630. The average molecular weight is 659 g/mol. The van der Waals surface area contributed by atoms with E-state index in [-0.39, 0.29) is 11.9 Å². The lowest BCUT2D eigenvalue weighted by molar-refractivity contribution is 0.0122. The predicted octanol–water partition coefficient (Wildman–Crippen LogP) is 6.40. The first-order chi connectivity index (χ1) is 21.2. The molecule has 2 aliphatic carbocycles. The number of likely N-dealkylation sites (tertiary alicyclic amines) is 1. The molecule has 0 spiro atoms. The molecule has 11 heteroatoms. The molecule has 3 aromatic rings. The second kappa shape index (κ2) is 12.1. The van der Waals surface area contributed by atoms with Gasteiger partial charge in [0.1, 0.15) is 17.2 Å². The summed E-state index contributed by atoms with van der Waals surface area (Å²) in [5, 5.41) is 5.04. The molecule has 0 amide bonds. The molecule has 8 nitrogen and oxygen atoms in total. The summed E-state index contributed by atoms with van der Waals surface area (Å²) < 4.78 is 38.2. The van der Waals surface area contributed by atoms with Gasteiger partial charge in [-0.25, -0.2) is 8.42 Å². The number of carbonyl (C=O) groups excluding carboxylic acids is 1. The van der Waals surface area contributed by atoms with Gasteiger partial charge in [0.2, 0.25) is 0 Å². The standard InChI is InChI=1S/C33H37Cl2N3O5S/c1-37-13-11-25(12-14-37)44(40,41)19-29(39)20-7-9-23(10-8-20)38-17-22-15-24(38)16-30(22)42-18-26-32(36-43-33(26)21-5-6-21)31-27(34)3-2-4-28(31)35/h2-4,7-10,21-22,24-25,30H,5-6,11-19H2,1H3/t22-,24-,30+/m0/s1. The average Bonchev–Trinajstić information content (AvgIpc) is 3.45. The number of carbonyl (C=O) groups is 1. The van der Waals surface area contributed by atoms with Gasteiger partial charge < -0.3 is 19.1 Å². The summed E-state index contributed by atoms with van der Waals surface area (Å²) in [5.74, 6) is 0.888. The van der Waals surface area contributed by atoms with Crippen molar-refractivity contribution >= 4 is 44.5 Å². The quantitative estimate of drug-likeness (QED) is 0.231. The number of nitrogens with zero attached hydrogens (tertiary/aromatic N) is 3. The summed E-state index contributed by atoms with van der Waals surface area (Å²) in [4.78, 5) is 17.4. The monoisotopic (exact) mass is 657 g/mol. The Kier molecular flexibility index (Phi) is 8.29. The van der Waals surface area contributed by atoms with Crippen molar-refractivity contribution in [2.75, 3.05) is 37.3 Å². The van der Waals surface area contributed by atoms with Gasteiger partial charge in [-0.3, -0.25) is 4.79 Å². The number of ether oxygens (including phenoxy) is 1. The van der Waals surface area contributed by atoms with Crippen LogP contribution < -0.4 is 4.90 Å². The molecule has 2 aromatic carbocycles. The van der Waals surface area contributed by atoms with Gasteiger partial charge in [0.25, 0.3) is 0 Å². The minimum Gasteiger partial charge on any atom is -0.373 e. The Morgan fingerprint density at radius 2 is 1.73 bits per heavy atom. The van der Waals surface area contributed by atoms with Crippen LogP contribution in [0.2, 0.25) is 10.0 Å². The number of Topliss-reactive ketones (excluding diaryl/α,β-unsaturated/α-hetero) is 1. The Hall–Kier alpha value is -2.43. The lowest BCUT2D eigenvalue weighted by Gasteiger charge is -2.33. The fraction of sp³-hybridized carbons (Fsp3) is 0.515. The van der Waals surface area contributed by atoms with E-state index in [4.69, 9.17) is 32.5 Å². The topological polar surface area (TPSA) is 93.0 Å². The zero-order chi connectivity index (χ0) is 30.6. The fourth-order valence-corrected chi connectivity index (χ4v) is 9.51. The lowest BCUT2D eigenvalue weighted by Crippen LogP contribution is -2.39. The van der Waals surface area contributed by atoms with E-state index in [9.17, 15) is 13.2 Å². The molecule has 44 heavy (non-hydrogen) atoms. The molecule has 2 saturated carbocycles. The summed E-state index contributed by atoms with van der Waals surface area (Å²) >= 11 is 13.1. The maximum absolute atomic E-state index is 12.9. The third-order valence-electron chi connectivity index (χ3n) is 9.91. The molecule has 0 N–H and O–H groups in total. The maximum atomic E-state index is 12.9. The zero-order valence-electron chi connectivity index (χ0n) is 24.8. The summed E-state index contributed by atoms with van der Waals surface area (Å²) in [6, 6.07) is 13.2. The number of piperidine rings is 2. The highest BCUT2D eigenvalue weighted by atomic mass is 35.5. The molecular formula is C33H37Cl2N3O5S. The van der Waals surface area contributed by atoms with Crippen LogP contribution in [0.4, 0.5) is 5.69 Å². The van der Waals surface area contributed by atoms with Crippen LogP contribution in [0, 0.1) is 5.92 Å². The molecule has 2 saturated heterocycles. The highest BCUT2D eigenvalue weighted by Gasteiger charge is 2.46. The molecule has 2 aliphatic heterocycles. The Morgan fingerprint density at radius 3 is 2.36 bits per heavy atom. The van der Waals surface area contributed by atoms with Gasteiger partial charge in [0, 0.05) is 46.8 Å². The number of sulfone groups is 1. The lowest BCUT2D eigenvalue weighted by atomic mass is 10.0. The maximum Gasteiger partial charge on any atom is 0.177 e. The minimum atomic E-state index is -3.47. The van der Waals surface area contributed by atoms with Crippen molar-refractivity contribution < 1.29 is 22.5 Å². The van der Waals surface area contributed by atoms with Crippen LogP contribution in [0.1, 0.15) is 66.1 Å². The van der Waals surface area contributed by atoms with Gasteiger partial charge in [0.15, 0.2) is 15.6 Å². The van der Waals surface area contributed by atoms with E-state index in [0.29, 0.717) is 64.2 Å². The number of anilines is 1. The minimum absolute atomic E-state index is 0.124. The molecular weight excluding hydrogens is 621 g/mol. The van der Waals surface area contributed by atoms with Crippen molar-refractivity contribution in [1.29, 1.82) is 0 Å². The smallest absolute Gasteiger partial charge is 0.177 e. The van der Waals surface area contributed by atoms with Crippen LogP contribution in [0.25, 0.3) is 11.3 Å². The number of benzene rings is 2. The van der Waals surface area contributed by atoms with Crippen molar-refractivity contribution in [2.24, 2.45) is 5.92 Å². The molecule has 234 valence electrons. The Morgan fingerprint density at radius 1 is 1.02 bits per heavy atom. The van der Waals surface area contributed by atoms with Crippen LogP contribution in [0.3, 0.4) is 0 Å². The normalized spacial score (nSPS) is 24.3. The van der Waals surface area contributed by atoms with E-state index in [2.05, 4.69) is 15.0 Å². The van der Waals surface area contributed by atoms with Crippen molar-refractivity contribution in [2.45, 2.75) is 68.4 Å². The van der Waals surface area contributed by atoms with Crippen molar-refractivity contribution in [3.8, 4) is 11.3 Å². The third-order valence-corrected chi connectivity index (χ3v) is 12.7. The van der Waals surface area contributed by atoms with Crippen LogP contribution in [0.5, 0.6) is 0 Å². The van der Waals surface area contributed by atoms with E-state index in [0.717, 1.165) is 62.3 Å². The summed E-state index contributed by atoms with van der Waals surface area (Å²) in [6.45, 7) is 2.77. The van der Waals surface area contributed by atoms with Crippen LogP contribution in [-0.2, 0) is 21.2 Å². The number of aromatic nitrogens is 1. The Labute approximate surface area is 268 Å². The predicted molar refractivity (Wildman–Crippen MR) is 171 cm³/mol. The molecule has 2 bridgehead atoms. The second-order valence-electron chi connectivity index (χ2n) is 12.9. The van der Waals surface area contributed by atoms with Crippen LogP contribution in [-0.4, -0.2) is 74.1 Å². The van der Waals surface area contributed by atoms with E-state index in [1.807, 2.05) is 37.4 Å². The van der Waals surface area contributed by atoms with Gasteiger partial charge >= 0.3 is 0 Å². The third kappa shape index (κ3) is 5.94. The second-order valence-corrected chi connectivity index (χ2v) is 16.0. The summed E-state index contributed by atoms with van der Waals surface area (Å²) in [6.07, 6.45) is 5.42. The van der Waals surface area contributed by atoms with Gasteiger partial charge in [0.05, 0.1) is 28.0 Å². The highest BCUT2D eigenvalue weighted by Crippen LogP contribution is 2.47. The first kappa shape index (κ1) is 30.2. The number of rotatable bonds is 10. The first-order valence-electron chi connectivity index (χ1n) is 15.5. The number of hydrogen-bond acceptors (Lipinski definition) is 8. The molecule has 0 radical (unpaired) electrons. The molecule has 0 unspecified atom stereocenters. The van der Waals surface area contributed by atoms with Crippen LogP contribution in [0.15, 0.2) is 47.0 Å². The van der Waals surface area contributed by atoms with E-state index in [1.165, 1.54) is 0 Å². The summed E-state index contributed by atoms with van der Waals surface area (Å²) in [5.41, 5.74) is 3.80. The molecule has 7 rings (SSSR count). The van der Waals surface area contributed by atoms with E-state index >= 15 is 0 Å². The Balaban J connectivity index is 0.977. The van der Waals surface area contributed by atoms with E-state index < -0.39 is 20.8 Å². The number of fused-ring (bicyclic) bond motifs is 2. The fourth-order valence-electron chi connectivity index (χ4n) is 7.23. The molecule has 1 aromatic heterocycles. The van der Waals surface area contributed by atoms with Gasteiger partial charge in [-0.1, -0.05) is 34.4 Å². The number of hydrogen-bond donors (Lipinski definition) is 0. The zero-order valence-corrected chi connectivity index (χ0v) is 27.1. The number of halogens is 2. The highest BCUT2D eigenvalue weighted by molar-refractivity contribution is 7.92. The SMILES string of the molecule is CN1CCC(S(=O)(=O)CC(=O)c2ccc(N3C[C@@H]4C[C@H]3C[C@H]4OCc3c(-c4c(Cl)cccc4Cl)noc3C3CC3)cc2)CC1. The molecule has 3 heterocycles. The largest absolute Gasteiger partial charge is 0.373 e. The summed E-state index contributed by atoms with van der Waals surface area (Å²) in [7, 11) is -1.47. The number of ketones is 1. The van der Waals surface area contributed by atoms with Gasteiger partial charge in [-0.05, 0) is 95.1 Å². The van der Waals surface area contributed by atoms with Crippen molar-refractivity contribution in [3.05, 3.63) is 69.4 Å².